The normalized spacial score (nSPS) is 11.1. The van der Waals surface area contributed by atoms with E-state index >= 15 is 0 Å². The van der Waals surface area contributed by atoms with Crippen molar-refractivity contribution in [1.29, 1.82) is 0 Å². The highest BCUT2D eigenvalue weighted by Crippen LogP contribution is 2.20. The lowest BCUT2D eigenvalue weighted by Crippen LogP contribution is -2.16. The molecule has 0 N–H and O–H groups in total. The number of carbonyl (C=O) groups is 1. The van der Waals surface area contributed by atoms with Gasteiger partial charge in [-0.2, -0.15) is 0 Å². The van der Waals surface area contributed by atoms with Gasteiger partial charge in [-0.15, -0.1) is 0 Å². The Kier molecular flexibility index (Phi) is 4.44. The number of nitrogens with zero attached hydrogens (tertiary/aromatic N) is 1. The van der Waals surface area contributed by atoms with Gasteiger partial charge in [0.25, 0.3) is 0 Å². The van der Waals surface area contributed by atoms with Crippen molar-refractivity contribution in [1.82, 2.24) is 4.90 Å². The molecule has 0 fully saturated rings. The topological polar surface area (TPSA) is 42.7 Å². The van der Waals surface area contributed by atoms with Crippen molar-refractivity contribution in [2.24, 2.45) is 0 Å². The zero-order valence-electron chi connectivity index (χ0n) is 13.3. The van der Waals surface area contributed by atoms with E-state index in [0.717, 1.165) is 35.4 Å². The molecule has 0 atom stereocenters. The van der Waals surface area contributed by atoms with Gasteiger partial charge in [0.1, 0.15) is 11.3 Å². The molecule has 1 heterocycles. The lowest BCUT2D eigenvalue weighted by atomic mass is 10.1. The molecule has 0 radical (unpaired) electrons. The molecule has 0 bridgehead atoms. The summed E-state index contributed by atoms with van der Waals surface area (Å²) in [5, 5.41) is 1.12. The molecule has 3 rings (SSSR count). The van der Waals surface area contributed by atoms with Crippen LogP contribution in [0, 0.1) is 0 Å². The van der Waals surface area contributed by atoms with E-state index in [1.165, 1.54) is 7.11 Å². The number of methoxy groups -OCH3 is 1. The highest BCUT2D eigenvalue weighted by Gasteiger charge is 2.08. The van der Waals surface area contributed by atoms with Crippen molar-refractivity contribution >= 4 is 16.9 Å². The van der Waals surface area contributed by atoms with E-state index in [0.29, 0.717) is 5.56 Å². The lowest BCUT2D eigenvalue weighted by molar-refractivity contribution is 0.0600. The van der Waals surface area contributed by atoms with Gasteiger partial charge in [0.05, 0.1) is 19.2 Å². The summed E-state index contributed by atoms with van der Waals surface area (Å²) < 4.78 is 10.5. The third-order valence-electron chi connectivity index (χ3n) is 3.73. The second-order valence-corrected chi connectivity index (χ2v) is 5.61. The molecule has 0 amide bonds. The van der Waals surface area contributed by atoms with E-state index in [1.807, 2.05) is 43.4 Å². The van der Waals surface area contributed by atoms with Crippen LogP contribution >= 0.6 is 0 Å². The maximum Gasteiger partial charge on any atom is 0.337 e. The molecule has 0 aliphatic heterocycles. The number of ether oxygens (including phenoxy) is 1. The molecule has 0 saturated heterocycles. The first-order chi connectivity index (χ1) is 11.2. The number of esters is 1. The Morgan fingerprint density at radius 1 is 1.09 bits per heavy atom. The molecule has 0 saturated carbocycles. The van der Waals surface area contributed by atoms with Crippen LogP contribution in [0.1, 0.15) is 21.7 Å². The Balaban J connectivity index is 1.64. The predicted octanol–water partition coefficient (Wildman–Crippen LogP) is 3.85. The minimum absolute atomic E-state index is 0.313. The van der Waals surface area contributed by atoms with Gasteiger partial charge in [0, 0.05) is 11.9 Å². The number of rotatable bonds is 5. The molecule has 23 heavy (non-hydrogen) atoms. The van der Waals surface area contributed by atoms with Crippen LogP contribution < -0.4 is 0 Å². The number of hydrogen-bond donors (Lipinski definition) is 0. The SMILES string of the molecule is COC(=O)c1ccc(CN(C)Cc2cc3ccccc3o2)cc1. The van der Waals surface area contributed by atoms with Crippen molar-refractivity contribution in [2.45, 2.75) is 13.1 Å². The van der Waals surface area contributed by atoms with Gasteiger partial charge >= 0.3 is 5.97 Å². The van der Waals surface area contributed by atoms with Gasteiger partial charge in [-0.05, 0) is 36.9 Å². The molecule has 3 aromatic rings. The third kappa shape index (κ3) is 3.60. The zero-order chi connectivity index (χ0) is 16.2. The molecule has 0 aliphatic rings. The van der Waals surface area contributed by atoms with Crippen LogP contribution in [0.2, 0.25) is 0 Å². The Morgan fingerprint density at radius 2 is 1.83 bits per heavy atom. The Hall–Kier alpha value is -2.59. The highest BCUT2D eigenvalue weighted by atomic mass is 16.5. The molecule has 1 aromatic heterocycles. The molecule has 2 aromatic carbocycles. The van der Waals surface area contributed by atoms with Crippen molar-refractivity contribution < 1.29 is 13.9 Å². The van der Waals surface area contributed by atoms with Crippen LogP contribution in [0.3, 0.4) is 0 Å². The molecule has 118 valence electrons. The van der Waals surface area contributed by atoms with Gasteiger partial charge in [-0.25, -0.2) is 4.79 Å². The van der Waals surface area contributed by atoms with Gasteiger partial charge in [-0.1, -0.05) is 30.3 Å². The number of carbonyl (C=O) groups excluding carboxylic acids is 1. The number of para-hydroxylation sites is 1. The molecular weight excluding hydrogens is 290 g/mol. The van der Waals surface area contributed by atoms with Crippen molar-refractivity contribution in [3.63, 3.8) is 0 Å². The minimum Gasteiger partial charge on any atom is -0.465 e. The summed E-state index contributed by atoms with van der Waals surface area (Å²) in [6.07, 6.45) is 0. The van der Waals surface area contributed by atoms with Gasteiger partial charge < -0.3 is 9.15 Å². The quantitative estimate of drug-likeness (QED) is 0.671. The molecule has 0 unspecified atom stereocenters. The minimum atomic E-state index is -0.313. The summed E-state index contributed by atoms with van der Waals surface area (Å²) in [6.45, 7) is 1.51. The maximum absolute atomic E-state index is 11.4. The first kappa shape index (κ1) is 15.3. The number of fused-ring (bicyclic) bond motifs is 1. The number of hydrogen-bond acceptors (Lipinski definition) is 4. The Labute approximate surface area is 135 Å². The second-order valence-electron chi connectivity index (χ2n) is 5.61. The van der Waals surface area contributed by atoms with E-state index in [-0.39, 0.29) is 5.97 Å². The van der Waals surface area contributed by atoms with Crippen LogP contribution in [0.5, 0.6) is 0 Å². The first-order valence-electron chi connectivity index (χ1n) is 7.49. The van der Waals surface area contributed by atoms with Gasteiger partial charge in [-0.3, -0.25) is 4.90 Å². The van der Waals surface area contributed by atoms with Gasteiger partial charge in [0.2, 0.25) is 0 Å². The first-order valence-corrected chi connectivity index (χ1v) is 7.49. The van der Waals surface area contributed by atoms with Crippen molar-refractivity contribution in [2.75, 3.05) is 14.2 Å². The summed E-state index contributed by atoms with van der Waals surface area (Å²) in [6, 6.07) is 17.6. The van der Waals surface area contributed by atoms with Crippen LogP contribution in [-0.2, 0) is 17.8 Å². The van der Waals surface area contributed by atoms with Gasteiger partial charge in [0.15, 0.2) is 0 Å². The third-order valence-corrected chi connectivity index (χ3v) is 3.73. The van der Waals surface area contributed by atoms with E-state index in [2.05, 4.69) is 11.0 Å². The van der Waals surface area contributed by atoms with Crippen LogP contribution in [0.4, 0.5) is 0 Å². The standard InChI is InChI=1S/C19H19NO3/c1-20(12-14-7-9-15(10-8-14)19(21)22-2)13-17-11-16-5-3-4-6-18(16)23-17/h3-11H,12-13H2,1-2H3. The Morgan fingerprint density at radius 3 is 2.52 bits per heavy atom. The van der Waals surface area contributed by atoms with Crippen LogP contribution in [-0.4, -0.2) is 25.0 Å². The average molecular weight is 309 g/mol. The molecular formula is C19H19NO3. The summed E-state index contributed by atoms with van der Waals surface area (Å²) in [5.41, 5.74) is 2.62. The molecule has 0 spiro atoms. The zero-order valence-corrected chi connectivity index (χ0v) is 13.3. The number of furan rings is 1. The van der Waals surface area contributed by atoms with Crippen LogP contribution in [0.25, 0.3) is 11.0 Å². The maximum atomic E-state index is 11.4. The van der Waals surface area contributed by atoms with E-state index in [1.54, 1.807) is 12.1 Å². The smallest absolute Gasteiger partial charge is 0.337 e. The fourth-order valence-corrected chi connectivity index (χ4v) is 2.61. The summed E-state index contributed by atoms with van der Waals surface area (Å²) in [4.78, 5) is 13.6. The average Bonchev–Trinajstić information content (AvgIpc) is 2.96. The fourth-order valence-electron chi connectivity index (χ4n) is 2.61. The molecule has 4 nitrogen and oxygen atoms in total. The van der Waals surface area contributed by atoms with Crippen molar-refractivity contribution in [3.05, 3.63) is 71.5 Å². The number of benzene rings is 2. The highest BCUT2D eigenvalue weighted by molar-refractivity contribution is 5.89. The van der Waals surface area contributed by atoms with E-state index in [4.69, 9.17) is 9.15 Å². The monoisotopic (exact) mass is 309 g/mol. The molecule has 0 aliphatic carbocycles. The van der Waals surface area contributed by atoms with Crippen LogP contribution in [0.15, 0.2) is 59.0 Å². The lowest BCUT2D eigenvalue weighted by Gasteiger charge is -2.15. The van der Waals surface area contributed by atoms with Crippen molar-refractivity contribution in [3.8, 4) is 0 Å². The molecule has 4 heteroatoms. The predicted molar refractivity (Wildman–Crippen MR) is 89.2 cm³/mol. The largest absolute Gasteiger partial charge is 0.465 e. The summed E-state index contributed by atoms with van der Waals surface area (Å²) >= 11 is 0. The Bertz CT molecular complexity index is 772. The second kappa shape index (κ2) is 6.67. The van der Waals surface area contributed by atoms with E-state index in [9.17, 15) is 4.79 Å². The fraction of sp³-hybridized carbons (Fsp3) is 0.211. The summed E-state index contributed by atoms with van der Waals surface area (Å²) in [7, 11) is 3.43. The summed E-state index contributed by atoms with van der Waals surface area (Å²) in [5.74, 6) is 0.632. The van der Waals surface area contributed by atoms with E-state index < -0.39 is 0 Å².